The number of aliphatic carboxylic acids is 1. The van der Waals surface area contributed by atoms with E-state index in [1.807, 2.05) is 25.1 Å². The van der Waals surface area contributed by atoms with Crippen molar-refractivity contribution in [1.29, 1.82) is 0 Å². The molecule has 0 atom stereocenters. The van der Waals surface area contributed by atoms with Gasteiger partial charge in [-0.25, -0.2) is 4.98 Å². The standard InChI is InChI=1S/C14H18N2O3/c1-10-16-12-9-11(4-5-13(12)19-10)6-8-15-7-2-3-14(17)18/h4-5,9,15H,2-3,6-8H2,1H3,(H,17,18). The summed E-state index contributed by atoms with van der Waals surface area (Å²) >= 11 is 0. The molecule has 1 aromatic heterocycles. The van der Waals surface area contributed by atoms with Crippen LogP contribution in [0.25, 0.3) is 11.1 Å². The van der Waals surface area contributed by atoms with Crippen molar-refractivity contribution in [2.24, 2.45) is 0 Å². The maximum absolute atomic E-state index is 10.3. The first-order valence-electron chi connectivity index (χ1n) is 6.44. The monoisotopic (exact) mass is 262 g/mol. The summed E-state index contributed by atoms with van der Waals surface area (Å²) < 4.78 is 5.42. The van der Waals surface area contributed by atoms with Crippen LogP contribution in [-0.2, 0) is 11.2 Å². The third-order valence-electron chi connectivity index (χ3n) is 2.89. The number of hydrogen-bond donors (Lipinski definition) is 2. The third-order valence-corrected chi connectivity index (χ3v) is 2.89. The predicted molar refractivity (Wildman–Crippen MR) is 72.2 cm³/mol. The quantitative estimate of drug-likeness (QED) is 0.748. The average molecular weight is 262 g/mol. The van der Waals surface area contributed by atoms with E-state index in [-0.39, 0.29) is 6.42 Å². The zero-order chi connectivity index (χ0) is 13.7. The fourth-order valence-corrected chi connectivity index (χ4v) is 1.97. The van der Waals surface area contributed by atoms with Crippen LogP contribution in [0.1, 0.15) is 24.3 Å². The van der Waals surface area contributed by atoms with Crippen molar-refractivity contribution >= 4 is 17.1 Å². The van der Waals surface area contributed by atoms with Crippen LogP contribution in [0.4, 0.5) is 0 Å². The average Bonchev–Trinajstić information content (AvgIpc) is 2.72. The minimum atomic E-state index is -0.742. The van der Waals surface area contributed by atoms with Crippen molar-refractivity contribution in [3.8, 4) is 0 Å². The molecule has 1 aromatic carbocycles. The van der Waals surface area contributed by atoms with Crippen molar-refractivity contribution in [1.82, 2.24) is 10.3 Å². The van der Waals surface area contributed by atoms with E-state index in [0.29, 0.717) is 12.3 Å². The fraction of sp³-hybridized carbons (Fsp3) is 0.429. The van der Waals surface area contributed by atoms with Crippen LogP contribution in [-0.4, -0.2) is 29.1 Å². The van der Waals surface area contributed by atoms with Crippen LogP contribution in [0.15, 0.2) is 22.6 Å². The normalized spacial score (nSPS) is 11.0. The summed E-state index contributed by atoms with van der Waals surface area (Å²) in [4.78, 5) is 14.6. The van der Waals surface area contributed by atoms with Gasteiger partial charge in [0.15, 0.2) is 11.5 Å². The molecule has 2 rings (SSSR count). The largest absolute Gasteiger partial charge is 0.481 e. The van der Waals surface area contributed by atoms with Crippen LogP contribution in [0, 0.1) is 6.92 Å². The highest BCUT2D eigenvalue weighted by molar-refractivity contribution is 5.73. The van der Waals surface area contributed by atoms with Gasteiger partial charge >= 0.3 is 5.97 Å². The number of oxazole rings is 1. The Balaban J connectivity index is 1.76. The third kappa shape index (κ3) is 4.06. The van der Waals surface area contributed by atoms with Gasteiger partial charge in [0, 0.05) is 13.3 Å². The molecule has 1 heterocycles. The SMILES string of the molecule is Cc1nc2cc(CCNCCCC(=O)O)ccc2o1. The maximum Gasteiger partial charge on any atom is 0.303 e. The van der Waals surface area contributed by atoms with Gasteiger partial charge in [-0.15, -0.1) is 0 Å². The highest BCUT2D eigenvalue weighted by Gasteiger charge is 2.03. The van der Waals surface area contributed by atoms with Gasteiger partial charge < -0.3 is 14.8 Å². The molecule has 0 spiro atoms. The van der Waals surface area contributed by atoms with Crippen LogP contribution in [0.3, 0.4) is 0 Å². The summed E-state index contributed by atoms with van der Waals surface area (Å²) in [5.41, 5.74) is 2.91. The van der Waals surface area contributed by atoms with E-state index in [1.54, 1.807) is 0 Å². The Morgan fingerprint density at radius 1 is 1.42 bits per heavy atom. The second kappa shape index (κ2) is 6.33. The molecule has 0 unspecified atom stereocenters. The number of carbonyl (C=O) groups is 1. The van der Waals surface area contributed by atoms with Crippen molar-refractivity contribution in [3.05, 3.63) is 29.7 Å². The Morgan fingerprint density at radius 3 is 3.05 bits per heavy atom. The van der Waals surface area contributed by atoms with Gasteiger partial charge in [0.25, 0.3) is 0 Å². The molecule has 0 saturated carbocycles. The lowest BCUT2D eigenvalue weighted by Gasteiger charge is -2.03. The van der Waals surface area contributed by atoms with Crippen LogP contribution >= 0.6 is 0 Å². The van der Waals surface area contributed by atoms with Gasteiger partial charge in [-0.05, 0) is 43.6 Å². The number of carboxylic acids is 1. The highest BCUT2D eigenvalue weighted by Crippen LogP contribution is 2.16. The second-order valence-corrected chi connectivity index (χ2v) is 4.53. The molecule has 0 aliphatic rings. The Labute approximate surface area is 111 Å². The maximum atomic E-state index is 10.3. The minimum absolute atomic E-state index is 0.219. The lowest BCUT2D eigenvalue weighted by molar-refractivity contribution is -0.137. The lowest BCUT2D eigenvalue weighted by atomic mass is 10.1. The summed E-state index contributed by atoms with van der Waals surface area (Å²) in [7, 11) is 0. The van der Waals surface area contributed by atoms with Gasteiger partial charge in [0.1, 0.15) is 5.52 Å². The highest BCUT2D eigenvalue weighted by atomic mass is 16.4. The molecule has 19 heavy (non-hydrogen) atoms. The fourth-order valence-electron chi connectivity index (χ4n) is 1.97. The number of nitrogens with one attached hydrogen (secondary N) is 1. The molecule has 102 valence electrons. The number of rotatable bonds is 7. The van der Waals surface area contributed by atoms with E-state index in [9.17, 15) is 4.79 Å². The molecule has 0 amide bonds. The van der Waals surface area contributed by atoms with Gasteiger partial charge in [0.05, 0.1) is 0 Å². The molecule has 5 nitrogen and oxygen atoms in total. The van der Waals surface area contributed by atoms with Gasteiger partial charge in [-0.1, -0.05) is 6.07 Å². The van der Waals surface area contributed by atoms with Gasteiger partial charge in [-0.3, -0.25) is 4.79 Å². The summed E-state index contributed by atoms with van der Waals surface area (Å²) in [6, 6.07) is 6.01. The first-order chi connectivity index (χ1) is 9.15. The lowest BCUT2D eigenvalue weighted by Crippen LogP contribution is -2.19. The number of fused-ring (bicyclic) bond motifs is 1. The topological polar surface area (TPSA) is 75.4 Å². The van der Waals surface area contributed by atoms with E-state index in [4.69, 9.17) is 9.52 Å². The van der Waals surface area contributed by atoms with Crippen molar-refractivity contribution < 1.29 is 14.3 Å². The number of aromatic nitrogens is 1. The van der Waals surface area contributed by atoms with E-state index in [0.717, 1.165) is 30.6 Å². The zero-order valence-corrected chi connectivity index (χ0v) is 11.0. The predicted octanol–water partition coefficient (Wildman–Crippen LogP) is 2.13. The van der Waals surface area contributed by atoms with Crippen LogP contribution in [0.2, 0.25) is 0 Å². The Kier molecular flexibility index (Phi) is 4.52. The number of benzene rings is 1. The Morgan fingerprint density at radius 2 is 2.26 bits per heavy atom. The zero-order valence-electron chi connectivity index (χ0n) is 11.0. The molecule has 0 aliphatic heterocycles. The van der Waals surface area contributed by atoms with E-state index < -0.39 is 5.97 Å². The number of carboxylic acid groups (broad SMARTS) is 1. The van der Waals surface area contributed by atoms with Gasteiger partial charge in [-0.2, -0.15) is 0 Å². The van der Waals surface area contributed by atoms with E-state index >= 15 is 0 Å². The molecule has 2 N–H and O–H groups in total. The number of hydrogen-bond acceptors (Lipinski definition) is 4. The number of nitrogens with zero attached hydrogens (tertiary/aromatic N) is 1. The molecule has 0 saturated heterocycles. The molecule has 0 fully saturated rings. The van der Waals surface area contributed by atoms with E-state index in [1.165, 1.54) is 5.56 Å². The first kappa shape index (κ1) is 13.5. The number of aryl methyl sites for hydroxylation is 1. The molecule has 2 aromatic rings. The van der Waals surface area contributed by atoms with Crippen LogP contribution in [0.5, 0.6) is 0 Å². The summed E-state index contributed by atoms with van der Waals surface area (Å²) in [6.07, 6.45) is 1.78. The van der Waals surface area contributed by atoms with E-state index in [2.05, 4.69) is 10.3 Å². The molecular weight excluding hydrogens is 244 g/mol. The molecule has 0 aliphatic carbocycles. The van der Waals surface area contributed by atoms with Crippen LogP contribution < -0.4 is 5.32 Å². The molecule has 0 radical (unpaired) electrons. The molecule has 0 bridgehead atoms. The Hall–Kier alpha value is -1.88. The Bertz CT molecular complexity index is 563. The summed E-state index contributed by atoms with van der Waals surface area (Å²) in [6.45, 7) is 3.41. The smallest absolute Gasteiger partial charge is 0.303 e. The van der Waals surface area contributed by atoms with Crippen molar-refractivity contribution in [3.63, 3.8) is 0 Å². The van der Waals surface area contributed by atoms with Gasteiger partial charge in [0.2, 0.25) is 0 Å². The van der Waals surface area contributed by atoms with Crippen molar-refractivity contribution in [2.75, 3.05) is 13.1 Å². The minimum Gasteiger partial charge on any atom is -0.481 e. The van der Waals surface area contributed by atoms with Crippen molar-refractivity contribution in [2.45, 2.75) is 26.2 Å². The first-order valence-corrected chi connectivity index (χ1v) is 6.44. The molecular formula is C14H18N2O3. The molecule has 5 heteroatoms. The summed E-state index contributed by atoms with van der Waals surface area (Å²) in [5, 5.41) is 11.7. The second-order valence-electron chi connectivity index (χ2n) is 4.53. The summed E-state index contributed by atoms with van der Waals surface area (Å²) in [5.74, 6) is -0.0624.